The van der Waals surface area contributed by atoms with E-state index in [1.165, 1.54) is 29.1 Å². The van der Waals surface area contributed by atoms with Crippen molar-refractivity contribution >= 4 is 23.4 Å². The van der Waals surface area contributed by atoms with Crippen molar-refractivity contribution in [3.8, 4) is 5.69 Å². The van der Waals surface area contributed by atoms with E-state index in [9.17, 15) is 9.18 Å². The van der Waals surface area contributed by atoms with Gasteiger partial charge in [-0.2, -0.15) is 5.10 Å². The van der Waals surface area contributed by atoms with Gasteiger partial charge in [-0.15, -0.1) is 0 Å². The number of nitrogen functional groups attached to an aromatic ring is 1. The maximum absolute atomic E-state index is 13.3. The van der Waals surface area contributed by atoms with Gasteiger partial charge in [0.05, 0.1) is 16.9 Å². The lowest BCUT2D eigenvalue weighted by molar-refractivity contribution is 0.00708. The monoisotopic (exact) mass is 311 g/mol. The summed E-state index contributed by atoms with van der Waals surface area (Å²) in [6, 6.07) is 3.80. The lowest BCUT2D eigenvalue weighted by Gasteiger charge is -2.19. The molecule has 0 saturated heterocycles. The van der Waals surface area contributed by atoms with Crippen LogP contribution in [0.1, 0.15) is 31.1 Å². The van der Waals surface area contributed by atoms with Gasteiger partial charge in [0, 0.05) is 6.07 Å². The zero-order valence-electron chi connectivity index (χ0n) is 11.9. The number of hydrogen-bond acceptors (Lipinski definition) is 4. The third-order valence-electron chi connectivity index (χ3n) is 2.56. The average Bonchev–Trinajstić information content (AvgIpc) is 2.72. The molecule has 1 aromatic heterocycles. The molecule has 0 atom stereocenters. The molecule has 0 fully saturated rings. The van der Waals surface area contributed by atoms with Crippen LogP contribution < -0.4 is 5.73 Å². The summed E-state index contributed by atoms with van der Waals surface area (Å²) in [5.41, 5.74) is 5.60. The van der Waals surface area contributed by atoms with Crippen LogP contribution in [0.25, 0.3) is 5.69 Å². The summed E-state index contributed by atoms with van der Waals surface area (Å²) in [6.45, 7) is 5.23. The number of aromatic nitrogens is 2. The number of rotatable bonds is 2. The van der Waals surface area contributed by atoms with Crippen LogP contribution in [0.4, 0.5) is 10.2 Å². The molecule has 5 nitrogen and oxygen atoms in total. The van der Waals surface area contributed by atoms with Gasteiger partial charge in [0.1, 0.15) is 22.8 Å². The van der Waals surface area contributed by atoms with Gasteiger partial charge < -0.3 is 10.5 Å². The van der Waals surface area contributed by atoms with Crippen molar-refractivity contribution in [1.82, 2.24) is 9.78 Å². The molecule has 0 saturated carbocycles. The molecule has 1 heterocycles. The number of carbonyl (C=O) groups is 1. The summed E-state index contributed by atoms with van der Waals surface area (Å²) < 4.78 is 19.7. The van der Waals surface area contributed by atoms with Gasteiger partial charge in [0.15, 0.2) is 0 Å². The van der Waals surface area contributed by atoms with Crippen molar-refractivity contribution in [2.75, 3.05) is 5.73 Å². The van der Waals surface area contributed by atoms with E-state index >= 15 is 0 Å². The lowest BCUT2D eigenvalue weighted by atomic mass is 10.2. The van der Waals surface area contributed by atoms with Crippen LogP contribution in [0.15, 0.2) is 24.4 Å². The van der Waals surface area contributed by atoms with Crippen molar-refractivity contribution in [3.63, 3.8) is 0 Å². The first-order chi connectivity index (χ1) is 9.69. The highest BCUT2D eigenvalue weighted by molar-refractivity contribution is 6.32. The molecule has 2 aromatic rings. The maximum Gasteiger partial charge on any atom is 0.344 e. The number of carbonyl (C=O) groups excluding carboxylic acids is 1. The zero-order valence-corrected chi connectivity index (χ0v) is 12.6. The predicted octanol–water partition coefficient (Wildman–Crippen LogP) is 3.20. The first kappa shape index (κ1) is 15.3. The molecule has 0 amide bonds. The average molecular weight is 312 g/mol. The Bertz CT molecular complexity index is 692. The number of nitrogens with zero attached hydrogens (tertiary/aromatic N) is 2. The SMILES string of the molecule is CC(C)(C)OC(=O)c1cnn(-c2cc(F)ccc2Cl)c1N. The van der Waals surface area contributed by atoms with Gasteiger partial charge in [-0.1, -0.05) is 11.6 Å². The number of esters is 1. The Morgan fingerprint density at radius 3 is 2.71 bits per heavy atom. The van der Waals surface area contributed by atoms with Gasteiger partial charge in [-0.05, 0) is 32.9 Å². The first-order valence-electron chi connectivity index (χ1n) is 6.21. The topological polar surface area (TPSA) is 70.1 Å². The molecule has 1 aromatic carbocycles. The number of hydrogen-bond donors (Lipinski definition) is 1. The molecule has 0 bridgehead atoms. The van der Waals surface area contributed by atoms with E-state index in [0.29, 0.717) is 0 Å². The number of anilines is 1. The minimum Gasteiger partial charge on any atom is -0.456 e. The van der Waals surface area contributed by atoms with Gasteiger partial charge in [-0.3, -0.25) is 0 Å². The number of nitrogens with two attached hydrogens (primary N) is 1. The standard InChI is InChI=1S/C14H15ClFN3O2/c1-14(2,3)21-13(20)9-7-18-19(12(9)17)11-6-8(16)4-5-10(11)15/h4-7H,17H2,1-3H3. The molecular formula is C14H15ClFN3O2. The smallest absolute Gasteiger partial charge is 0.344 e. The molecule has 7 heteroatoms. The fourth-order valence-electron chi connectivity index (χ4n) is 1.69. The van der Waals surface area contributed by atoms with E-state index in [1.807, 2.05) is 0 Å². The van der Waals surface area contributed by atoms with Crippen LogP contribution in [-0.4, -0.2) is 21.4 Å². The van der Waals surface area contributed by atoms with Crippen LogP contribution in [-0.2, 0) is 4.74 Å². The molecule has 2 rings (SSSR count). The molecule has 2 N–H and O–H groups in total. The molecule has 0 aliphatic rings. The van der Waals surface area contributed by atoms with E-state index < -0.39 is 17.4 Å². The third kappa shape index (κ3) is 3.33. The summed E-state index contributed by atoms with van der Waals surface area (Å²) in [4.78, 5) is 12.0. The number of ether oxygens (including phenoxy) is 1. The summed E-state index contributed by atoms with van der Waals surface area (Å²) >= 11 is 6.00. The van der Waals surface area contributed by atoms with Crippen molar-refractivity contribution in [1.29, 1.82) is 0 Å². The van der Waals surface area contributed by atoms with Gasteiger partial charge in [0.2, 0.25) is 0 Å². The second-order valence-electron chi connectivity index (χ2n) is 5.45. The highest BCUT2D eigenvalue weighted by atomic mass is 35.5. The maximum atomic E-state index is 13.3. The molecule has 21 heavy (non-hydrogen) atoms. The van der Waals surface area contributed by atoms with Crippen molar-refractivity contribution in [3.05, 3.63) is 40.8 Å². The Morgan fingerprint density at radius 2 is 2.10 bits per heavy atom. The largest absolute Gasteiger partial charge is 0.456 e. The minimum absolute atomic E-state index is 0.0387. The predicted molar refractivity (Wildman–Crippen MR) is 78.1 cm³/mol. The van der Waals surface area contributed by atoms with Crippen LogP contribution in [0, 0.1) is 5.82 Å². The second-order valence-corrected chi connectivity index (χ2v) is 5.86. The molecular weight excluding hydrogens is 297 g/mol. The first-order valence-corrected chi connectivity index (χ1v) is 6.59. The van der Waals surface area contributed by atoms with Gasteiger partial charge in [-0.25, -0.2) is 13.9 Å². The van der Waals surface area contributed by atoms with Crippen LogP contribution in [0.5, 0.6) is 0 Å². The van der Waals surface area contributed by atoms with Crippen molar-refractivity contribution < 1.29 is 13.9 Å². The normalized spacial score (nSPS) is 11.5. The molecule has 0 aliphatic heterocycles. The molecule has 0 spiro atoms. The summed E-state index contributed by atoms with van der Waals surface area (Å²) in [5.74, 6) is -1.04. The Kier molecular flexibility index (Phi) is 3.91. The van der Waals surface area contributed by atoms with E-state index in [2.05, 4.69) is 5.10 Å². The van der Waals surface area contributed by atoms with Gasteiger partial charge >= 0.3 is 5.97 Å². The Labute approximate surface area is 126 Å². The summed E-state index contributed by atoms with van der Waals surface area (Å²) in [6.07, 6.45) is 1.27. The lowest BCUT2D eigenvalue weighted by Crippen LogP contribution is -2.24. The third-order valence-corrected chi connectivity index (χ3v) is 2.88. The summed E-state index contributed by atoms with van der Waals surface area (Å²) in [7, 11) is 0. The van der Waals surface area contributed by atoms with Crippen LogP contribution >= 0.6 is 11.6 Å². The van der Waals surface area contributed by atoms with E-state index in [1.54, 1.807) is 20.8 Å². The van der Waals surface area contributed by atoms with Crippen LogP contribution in [0.3, 0.4) is 0 Å². The van der Waals surface area contributed by atoms with E-state index in [0.717, 1.165) is 0 Å². The Morgan fingerprint density at radius 1 is 1.43 bits per heavy atom. The van der Waals surface area contributed by atoms with Gasteiger partial charge in [0.25, 0.3) is 0 Å². The second kappa shape index (κ2) is 5.37. The Hall–Kier alpha value is -2.08. The quantitative estimate of drug-likeness (QED) is 0.865. The molecule has 0 aliphatic carbocycles. The number of halogens is 2. The highest BCUT2D eigenvalue weighted by Gasteiger charge is 2.23. The molecule has 112 valence electrons. The van der Waals surface area contributed by atoms with E-state index in [4.69, 9.17) is 22.1 Å². The minimum atomic E-state index is -0.651. The summed E-state index contributed by atoms with van der Waals surface area (Å²) in [5, 5.41) is 4.24. The van der Waals surface area contributed by atoms with Crippen molar-refractivity contribution in [2.45, 2.75) is 26.4 Å². The Balaban J connectivity index is 2.41. The fraction of sp³-hybridized carbons (Fsp3) is 0.286. The molecule has 0 unspecified atom stereocenters. The zero-order chi connectivity index (χ0) is 15.8. The van der Waals surface area contributed by atoms with Crippen LogP contribution in [0.2, 0.25) is 5.02 Å². The molecule has 0 radical (unpaired) electrons. The van der Waals surface area contributed by atoms with Crippen molar-refractivity contribution in [2.24, 2.45) is 0 Å². The fourth-order valence-corrected chi connectivity index (χ4v) is 1.89. The number of benzene rings is 1. The van der Waals surface area contributed by atoms with E-state index in [-0.39, 0.29) is 22.1 Å². The highest BCUT2D eigenvalue weighted by Crippen LogP contribution is 2.26.